The van der Waals surface area contributed by atoms with Crippen molar-refractivity contribution >= 4 is 23.9 Å². The molecule has 4 rings (SSSR count). The van der Waals surface area contributed by atoms with E-state index in [0.717, 1.165) is 17.0 Å². The summed E-state index contributed by atoms with van der Waals surface area (Å²) in [5.41, 5.74) is 6.22. The Labute approximate surface area is 220 Å². The smallest absolute Gasteiger partial charge is 0.250 e. The molecule has 1 heterocycles. The third kappa shape index (κ3) is 6.56. The van der Waals surface area contributed by atoms with E-state index in [0.29, 0.717) is 16.5 Å². The number of rotatable bonds is 8. The molecule has 9 heteroatoms. The topological polar surface area (TPSA) is 102 Å². The van der Waals surface area contributed by atoms with Gasteiger partial charge in [0, 0.05) is 11.3 Å². The van der Waals surface area contributed by atoms with Crippen molar-refractivity contribution in [2.45, 2.75) is 31.3 Å². The van der Waals surface area contributed by atoms with Crippen LogP contribution >= 0.6 is 11.8 Å². The lowest BCUT2D eigenvalue weighted by Crippen LogP contribution is -2.20. The zero-order valence-electron chi connectivity index (χ0n) is 21.2. The standard InChI is InChI=1S/C28H29N5O3S/c1-28(2,3)21-10-8-20(9-11-21)26-31-32-27(33(26)22-12-14-24(36-4)15-13-22)37-18-25(35)30-29-17-19-6-5-7-23(34)16-19/h5-17,34H,18H2,1-4H3,(H,30,35)/b29-17-. The van der Waals surface area contributed by atoms with Crippen LogP contribution in [0.15, 0.2) is 83.1 Å². The quantitative estimate of drug-likeness (QED) is 0.190. The minimum absolute atomic E-state index is 0.0416. The van der Waals surface area contributed by atoms with Gasteiger partial charge in [0.2, 0.25) is 0 Å². The van der Waals surface area contributed by atoms with Crippen LogP contribution in [0.25, 0.3) is 17.1 Å². The molecule has 0 bridgehead atoms. The number of hydrazone groups is 1. The Balaban J connectivity index is 1.55. The molecule has 8 nitrogen and oxygen atoms in total. The number of phenols is 1. The van der Waals surface area contributed by atoms with Crippen molar-refractivity contribution in [2.75, 3.05) is 12.9 Å². The van der Waals surface area contributed by atoms with Crippen molar-refractivity contribution in [3.63, 3.8) is 0 Å². The Kier molecular flexibility index (Phi) is 7.93. The van der Waals surface area contributed by atoms with E-state index in [1.807, 2.05) is 41.0 Å². The van der Waals surface area contributed by atoms with Gasteiger partial charge in [-0.3, -0.25) is 9.36 Å². The third-order valence-corrected chi connectivity index (χ3v) is 6.51. The van der Waals surface area contributed by atoms with Gasteiger partial charge in [-0.1, -0.05) is 68.9 Å². The van der Waals surface area contributed by atoms with Crippen LogP contribution in [-0.2, 0) is 10.2 Å². The maximum Gasteiger partial charge on any atom is 0.250 e. The molecule has 0 aliphatic carbocycles. The molecule has 0 atom stereocenters. The van der Waals surface area contributed by atoms with E-state index in [-0.39, 0.29) is 22.8 Å². The van der Waals surface area contributed by atoms with E-state index >= 15 is 0 Å². The minimum Gasteiger partial charge on any atom is -0.508 e. The fraction of sp³-hybridized carbons (Fsp3) is 0.214. The van der Waals surface area contributed by atoms with E-state index in [2.05, 4.69) is 53.6 Å². The SMILES string of the molecule is COc1ccc(-n2c(SCC(=O)N/N=C\c3cccc(O)c3)nnc2-c2ccc(C(C)(C)C)cc2)cc1. The number of carbonyl (C=O) groups is 1. The van der Waals surface area contributed by atoms with Gasteiger partial charge in [-0.05, 0) is 52.9 Å². The highest BCUT2D eigenvalue weighted by molar-refractivity contribution is 7.99. The molecular weight excluding hydrogens is 486 g/mol. The fourth-order valence-electron chi connectivity index (χ4n) is 3.58. The van der Waals surface area contributed by atoms with E-state index in [9.17, 15) is 9.90 Å². The number of amides is 1. The predicted molar refractivity (Wildman–Crippen MR) is 147 cm³/mol. The average molecular weight is 516 g/mol. The number of carbonyl (C=O) groups excluding carboxylic acids is 1. The first-order valence-corrected chi connectivity index (χ1v) is 12.7. The molecular formula is C28H29N5O3S. The summed E-state index contributed by atoms with van der Waals surface area (Å²) in [6.07, 6.45) is 1.47. The summed E-state index contributed by atoms with van der Waals surface area (Å²) in [6, 6.07) is 22.5. The van der Waals surface area contributed by atoms with Crippen LogP contribution in [0.5, 0.6) is 11.5 Å². The minimum atomic E-state index is -0.290. The Morgan fingerprint density at radius 3 is 2.46 bits per heavy atom. The summed E-state index contributed by atoms with van der Waals surface area (Å²) in [5.74, 6) is 1.35. The first-order valence-electron chi connectivity index (χ1n) is 11.7. The Bertz CT molecular complexity index is 1390. The number of thioether (sulfide) groups is 1. The van der Waals surface area contributed by atoms with Crippen molar-refractivity contribution in [3.05, 3.63) is 83.9 Å². The van der Waals surface area contributed by atoms with Crippen LogP contribution in [0.4, 0.5) is 0 Å². The number of hydrogen-bond donors (Lipinski definition) is 2. The third-order valence-electron chi connectivity index (χ3n) is 5.58. The second-order valence-corrected chi connectivity index (χ2v) is 10.3. The highest BCUT2D eigenvalue weighted by Gasteiger charge is 2.19. The van der Waals surface area contributed by atoms with Gasteiger partial charge in [-0.25, -0.2) is 5.43 Å². The predicted octanol–water partition coefficient (Wildman–Crippen LogP) is 5.19. The lowest BCUT2D eigenvalue weighted by atomic mass is 9.87. The van der Waals surface area contributed by atoms with Gasteiger partial charge in [-0.2, -0.15) is 5.10 Å². The zero-order chi connectivity index (χ0) is 26.4. The number of phenolic OH excluding ortho intramolecular Hbond substituents is 1. The first-order chi connectivity index (χ1) is 17.7. The van der Waals surface area contributed by atoms with Gasteiger partial charge in [0.05, 0.1) is 19.1 Å². The van der Waals surface area contributed by atoms with Crippen molar-refractivity contribution in [3.8, 4) is 28.6 Å². The summed E-state index contributed by atoms with van der Waals surface area (Å²) < 4.78 is 7.24. The molecule has 0 aliphatic rings. The summed E-state index contributed by atoms with van der Waals surface area (Å²) in [7, 11) is 1.62. The van der Waals surface area contributed by atoms with Gasteiger partial charge in [0.15, 0.2) is 11.0 Å². The summed E-state index contributed by atoms with van der Waals surface area (Å²) in [6.45, 7) is 6.53. The normalized spacial score (nSPS) is 11.6. The summed E-state index contributed by atoms with van der Waals surface area (Å²) in [5, 5.41) is 22.9. The second-order valence-electron chi connectivity index (χ2n) is 9.34. The highest BCUT2D eigenvalue weighted by atomic mass is 32.2. The summed E-state index contributed by atoms with van der Waals surface area (Å²) >= 11 is 1.26. The number of ether oxygens (including phenoxy) is 1. The Hall–Kier alpha value is -4.11. The van der Waals surface area contributed by atoms with Crippen LogP contribution < -0.4 is 10.2 Å². The van der Waals surface area contributed by atoms with Crippen LogP contribution in [0, 0.1) is 0 Å². The van der Waals surface area contributed by atoms with Crippen molar-refractivity contribution in [1.82, 2.24) is 20.2 Å². The molecule has 0 fully saturated rings. The Morgan fingerprint density at radius 1 is 1.08 bits per heavy atom. The number of benzene rings is 3. The van der Waals surface area contributed by atoms with Gasteiger partial charge in [0.1, 0.15) is 11.5 Å². The molecule has 0 aliphatic heterocycles. The lowest BCUT2D eigenvalue weighted by Gasteiger charge is -2.19. The van der Waals surface area contributed by atoms with E-state index < -0.39 is 0 Å². The number of nitrogens with zero attached hydrogens (tertiary/aromatic N) is 4. The second kappa shape index (κ2) is 11.3. The van der Waals surface area contributed by atoms with Crippen LogP contribution in [-0.4, -0.2) is 44.9 Å². The maximum absolute atomic E-state index is 12.4. The molecule has 4 aromatic rings. The fourth-order valence-corrected chi connectivity index (χ4v) is 4.32. The first kappa shape index (κ1) is 26.0. The molecule has 0 spiro atoms. The molecule has 2 N–H and O–H groups in total. The molecule has 3 aromatic carbocycles. The van der Waals surface area contributed by atoms with E-state index in [1.54, 1.807) is 31.4 Å². The van der Waals surface area contributed by atoms with E-state index in [4.69, 9.17) is 4.74 Å². The molecule has 37 heavy (non-hydrogen) atoms. The monoisotopic (exact) mass is 515 g/mol. The van der Waals surface area contributed by atoms with Crippen LogP contribution in [0.2, 0.25) is 0 Å². The molecule has 1 aromatic heterocycles. The largest absolute Gasteiger partial charge is 0.508 e. The molecule has 0 radical (unpaired) electrons. The van der Waals surface area contributed by atoms with Crippen LogP contribution in [0.3, 0.4) is 0 Å². The van der Waals surface area contributed by atoms with Crippen molar-refractivity contribution < 1.29 is 14.6 Å². The molecule has 0 saturated carbocycles. The number of methoxy groups -OCH3 is 1. The molecule has 190 valence electrons. The van der Waals surface area contributed by atoms with Crippen LogP contribution in [0.1, 0.15) is 31.9 Å². The molecule has 0 saturated heterocycles. The highest BCUT2D eigenvalue weighted by Crippen LogP contribution is 2.30. The zero-order valence-corrected chi connectivity index (χ0v) is 22.0. The summed E-state index contributed by atoms with van der Waals surface area (Å²) in [4.78, 5) is 12.4. The van der Waals surface area contributed by atoms with Gasteiger partial charge in [-0.15, -0.1) is 10.2 Å². The number of nitrogens with one attached hydrogen (secondary N) is 1. The van der Waals surface area contributed by atoms with Gasteiger partial charge < -0.3 is 9.84 Å². The average Bonchev–Trinajstić information content (AvgIpc) is 3.31. The Morgan fingerprint density at radius 2 is 1.81 bits per heavy atom. The van der Waals surface area contributed by atoms with Gasteiger partial charge >= 0.3 is 0 Å². The number of aromatic hydroxyl groups is 1. The van der Waals surface area contributed by atoms with Gasteiger partial charge in [0.25, 0.3) is 5.91 Å². The van der Waals surface area contributed by atoms with Crippen molar-refractivity contribution in [2.24, 2.45) is 5.10 Å². The molecule has 1 amide bonds. The van der Waals surface area contributed by atoms with E-state index in [1.165, 1.54) is 23.5 Å². The molecule has 0 unspecified atom stereocenters. The lowest BCUT2D eigenvalue weighted by molar-refractivity contribution is -0.118. The number of hydrogen-bond acceptors (Lipinski definition) is 7. The maximum atomic E-state index is 12.4. The number of aromatic nitrogens is 3. The van der Waals surface area contributed by atoms with Crippen molar-refractivity contribution in [1.29, 1.82) is 0 Å².